The van der Waals surface area contributed by atoms with Crippen LogP contribution in [0.2, 0.25) is 0 Å². The Bertz CT molecular complexity index is 1670. The van der Waals surface area contributed by atoms with E-state index >= 15 is 0 Å². The molecule has 2 aromatic carbocycles. The van der Waals surface area contributed by atoms with E-state index in [1.807, 2.05) is 12.1 Å². The Morgan fingerprint density at radius 3 is 2.34 bits per heavy atom. The summed E-state index contributed by atoms with van der Waals surface area (Å²) >= 11 is 0. The number of aromatic nitrogens is 5. The maximum atomic E-state index is 13.3. The summed E-state index contributed by atoms with van der Waals surface area (Å²) in [5, 5.41) is 7.18. The summed E-state index contributed by atoms with van der Waals surface area (Å²) in [6, 6.07) is 8.55. The van der Waals surface area contributed by atoms with E-state index < -0.39 is 7.14 Å². The number of rotatable bonds is 9. The van der Waals surface area contributed by atoms with E-state index in [1.165, 1.54) is 17.6 Å². The van der Waals surface area contributed by atoms with Crippen LogP contribution in [0.15, 0.2) is 43.0 Å². The molecule has 232 valence electrons. The first kappa shape index (κ1) is 30.2. The van der Waals surface area contributed by atoms with Crippen LogP contribution in [-0.2, 0) is 15.7 Å². The average Bonchev–Trinajstić information content (AvgIpc) is 3.04. The summed E-state index contributed by atoms with van der Waals surface area (Å²) in [6.07, 6.45) is 7.83. The Hall–Kier alpha value is -3.86. The number of nitrogens with one attached hydrogen (secondary N) is 2. The number of piperidine rings is 1. The number of hydrogen-bond donors (Lipinski definition) is 2. The fourth-order valence-corrected chi connectivity index (χ4v) is 7.59. The van der Waals surface area contributed by atoms with Crippen LogP contribution in [0, 0.1) is 0 Å². The van der Waals surface area contributed by atoms with Gasteiger partial charge in [-0.3, -0.25) is 14.9 Å². The van der Waals surface area contributed by atoms with Crippen LogP contribution < -0.4 is 25.6 Å². The minimum Gasteiger partial charge on any atom is -0.494 e. The number of hydrogen-bond acceptors (Lipinski definition) is 12. The van der Waals surface area contributed by atoms with E-state index in [0.717, 1.165) is 70.1 Å². The lowest BCUT2D eigenvalue weighted by Crippen LogP contribution is -2.49. The number of morpholine rings is 1. The van der Waals surface area contributed by atoms with Crippen molar-refractivity contribution in [3.05, 3.63) is 48.5 Å². The van der Waals surface area contributed by atoms with Gasteiger partial charge in [0.2, 0.25) is 11.9 Å². The van der Waals surface area contributed by atoms with Gasteiger partial charge in [-0.25, -0.2) is 9.97 Å². The van der Waals surface area contributed by atoms with Gasteiger partial charge in [0.25, 0.3) is 0 Å². The van der Waals surface area contributed by atoms with Crippen molar-refractivity contribution in [2.75, 3.05) is 75.4 Å². The van der Waals surface area contributed by atoms with Crippen molar-refractivity contribution in [2.24, 2.45) is 0 Å². The van der Waals surface area contributed by atoms with Gasteiger partial charge in [0.05, 0.1) is 42.5 Å². The Morgan fingerprint density at radius 2 is 1.66 bits per heavy atom. The van der Waals surface area contributed by atoms with Crippen LogP contribution in [-0.4, -0.2) is 95.7 Å². The van der Waals surface area contributed by atoms with E-state index in [0.29, 0.717) is 40.0 Å². The summed E-state index contributed by atoms with van der Waals surface area (Å²) in [4.78, 5) is 27.2. The van der Waals surface area contributed by atoms with E-state index in [1.54, 1.807) is 32.8 Å². The molecule has 4 aromatic rings. The highest BCUT2D eigenvalue weighted by Crippen LogP contribution is 2.41. The van der Waals surface area contributed by atoms with Gasteiger partial charge in [-0.15, -0.1) is 0 Å². The first-order valence-corrected chi connectivity index (χ1v) is 17.7. The molecule has 2 aliphatic rings. The first-order chi connectivity index (χ1) is 21.3. The van der Waals surface area contributed by atoms with Crippen molar-refractivity contribution in [3.63, 3.8) is 0 Å². The van der Waals surface area contributed by atoms with Crippen molar-refractivity contribution in [2.45, 2.75) is 32.2 Å². The molecule has 0 spiro atoms. The number of methoxy groups -OCH3 is 1. The average molecular weight is 618 g/mol. The number of nitrogens with zero attached hydrogens (tertiary/aromatic N) is 7. The Kier molecular flexibility index (Phi) is 8.93. The standard InChI is InChI=1S/C31H40N9O3P/c1-5-21-18-25(27(42-2)19-26(21)40-12-8-22(9-13-40)39-14-16-43-17-15-39)37-31-35-20-34-30(38-31)36-24-7-6-23-28(33-11-10-32-23)29(24)44(3,4)41/h6-7,10-11,18-20,22H,5,8-9,12-17H2,1-4H3,(H2,34,35,36,37,38). The van der Waals surface area contributed by atoms with Gasteiger partial charge in [-0.1, -0.05) is 6.92 Å². The highest BCUT2D eigenvalue weighted by molar-refractivity contribution is 7.71. The molecule has 2 saturated heterocycles. The molecule has 2 aliphatic heterocycles. The van der Waals surface area contributed by atoms with Crippen molar-refractivity contribution in [1.29, 1.82) is 0 Å². The number of fused-ring (bicyclic) bond motifs is 1. The summed E-state index contributed by atoms with van der Waals surface area (Å²) in [5.41, 5.74) is 5.12. The van der Waals surface area contributed by atoms with Crippen molar-refractivity contribution < 1.29 is 14.0 Å². The number of ether oxygens (including phenoxy) is 2. The molecule has 13 heteroatoms. The fourth-order valence-electron chi connectivity index (χ4n) is 6.20. The topological polar surface area (TPSA) is 131 Å². The third kappa shape index (κ3) is 6.47. The molecule has 0 saturated carbocycles. The summed E-state index contributed by atoms with van der Waals surface area (Å²) in [5.74, 6) is 1.39. The fraction of sp³-hybridized carbons (Fsp3) is 0.452. The minimum atomic E-state index is -2.73. The van der Waals surface area contributed by atoms with Crippen LogP contribution >= 0.6 is 7.14 Å². The smallest absolute Gasteiger partial charge is 0.232 e. The molecule has 44 heavy (non-hydrogen) atoms. The molecule has 2 fully saturated rings. The van der Waals surface area contributed by atoms with Crippen molar-refractivity contribution in [1.82, 2.24) is 29.8 Å². The van der Waals surface area contributed by atoms with Crippen LogP contribution in [0.25, 0.3) is 11.0 Å². The summed E-state index contributed by atoms with van der Waals surface area (Å²) in [6.45, 7) is 11.4. The molecule has 4 heterocycles. The second-order valence-corrected chi connectivity index (χ2v) is 14.7. The van der Waals surface area contributed by atoms with E-state index in [-0.39, 0.29) is 0 Å². The lowest BCUT2D eigenvalue weighted by atomic mass is 10.00. The molecule has 0 unspecified atom stereocenters. The van der Waals surface area contributed by atoms with Gasteiger partial charge >= 0.3 is 0 Å². The number of benzene rings is 2. The highest BCUT2D eigenvalue weighted by Gasteiger charge is 2.27. The molecule has 0 radical (unpaired) electrons. The zero-order chi connectivity index (χ0) is 30.7. The van der Waals surface area contributed by atoms with Gasteiger partial charge < -0.3 is 29.6 Å². The van der Waals surface area contributed by atoms with Gasteiger partial charge in [0, 0.05) is 56.4 Å². The number of anilines is 5. The third-order valence-corrected chi connectivity index (χ3v) is 9.90. The van der Waals surface area contributed by atoms with E-state index in [2.05, 4.69) is 64.4 Å². The SMILES string of the molecule is CCc1cc(Nc2ncnc(Nc3ccc4nccnc4c3P(C)(C)=O)n2)c(OC)cc1N1CCC(N2CCOCC2)CC1. The molecular weight excluding hydrogens is 577 g/mol. The lowest BCUT2D eigenvalue weighted by Gasteiger charge is -2.41. The Morgan fingerprint density at radius 1 is 0.955 bits per heavy atom. The largest absolute Gasteiger partial charge is 0.494 e. The predicted octanol–water partition coefficient (Wildman–Crippen LogP) is 4.42. The van der Waals surface area contributed by atoms with Gasteiger partial charge in [-0.05, 0) is 56.4 Å². The Labute approximate surface area is 258 Å². The zero-order valence-electron chi connectivity index (χ0n) is 25.8. The quantitative estimate of drug-likeness (QED) is 0.258. The molecule has 0 amide bonds. The summed E-state index contributed by atoms with van der Waals surface area (Å²) < 4.78 is 24.7. The maximum Gasteiger partial charge on any atom is 0.232 e. The van der Waals surface area contributed by atoms with E-state index in [4.69, 9.17) is 9.47 Å². The summed E-state index contributed by atoms with van der Waals surface area (Å²) in [7, 11) is -1.05. The van der Waals surface area contributed by atoms with E-state index in [9.17, 15) is 4.57 Å². The molecule has 0 aliphatic carbocycles. The molecule has 12 nitrogen and oxygen atoms in total. The molecular formula is C31H40N9O3P. The van der Waals surface area contributed by atoms with Crippen LogP contribution in [0.3, 0.4) is 0 Å². The predicted molar refractivity (Wildman–Crippen MR) is 175 cm³/mol. The normalized spacial score (nSPS) is 16.7. The third-order valence-electron chi connectivity index (χ3n) is 8.37. The first-order valence-electron chi connectivity index (χ1n) is 15.1. The molecule has 0 atom stereocenters. The van der Waals surface area contributed by atoms with Crippen molar-refractivity contribution >= 4 is 52.4 Å². The Balaban J connectivity index is 1.22. The molecule has 2 aromatic heterocycles. The second kappa shape index (κ2) is 13.0. The minimum absolute atomic E-state index is 0.315. The zero-order valence-corrected chi connectivity index (χ0v) is 26.7. The molecule has 0 bridgehead atoms. The lowest BCUT2D eigenvalue weighted by molar-refractivity contribution is 0.0115. The van der Waals surface area contributed by atoms with Gasteiger partial charge in [0.15, 0.2) is 0 Å². The highest BCUT2D eigenvalue weighted by atomic mass is 31.2. The van der Waals surface area contributed by atoms with Crippen LogP contribution in [0.1, 0.15) is 25.3 Å². The molecule has 2 N–H and O–H groups in total. The monoisotopic (exact) mass is 617 g/mol. The van der Waals surface area contributed by atoms with Crippen molar-refractivity contribution in [3.8, 4) is 5.75 Å². The van der Waals surface area contributed by atoms with Crippen LogP contribution in [0.4, 0.5) is 29.0 Å². The second-order valence-electron chi connectivity index (χ2n) is 11.5. The molecule has 6 rings (SSSR count). The van der Waals surface area contributed by atoms with Crippen LogP contribution in [0.5, 0.6) is 5.75 Å². The van der Waals surface area contributed by atoms with Gasteiger partial charge in [-0.2, -0.15) is 4.98 Å². The van der Waals surface area contributed by atoms with Gasteiger partial charge in [0.1, 0.15) is 24.7 Å². The maximum absolute atomic E-state index is 13.3. The number of aryl methyl sites for hydroxylation is 1.